The number of hydrogen-bond donors (Lipinski definition) is 2. The Bertz CT molecular complexity index is 1400. The second-order valence-corrected chi connectivity index (χ2v) is 9.13. The van der Waals surface area contributed by atoms with Crippen molar-refractivity contribution in [2.45, 2.75) is 19.0 Å². The first kappa shape index (κ1) is 24.3. The molecule has 0 radical (unpaired) electrons. The number of carbonyl (C=O) groups excluding carboxylic acids is 3. The van der Waals surface area contributed by atoms with Crippen molar-refractivity contribution in [3.8, 4) is 5.75 Å². The molecule has 1 aromatic heterocycles. The van der Waals surface area contributed by atoms with Gasteiger partial charge in [0.25, 0.3) is 5.91 Å². The highest BCUT2D eigenvalue weighted by Crippen LogP contribution is 2.34. The minimum atomic E-state index is -0.894. The van der Waals surface area contributed by atoms with Gasteiger partial charge in [0.05, 0.1) is 37.8 Å². The molecule has 0 aliphatic carbocycles. The van der Waals surface area contributed by atoms with Crippen LogP contribution in [0.15, 0.2) is 81.3 Å². The van der Waals surface area contributed by atoms with Crippen molar-refractivity contribution in [3.63, 3.8) is 0 Å². The van der Waals surface area contributed by atoms with E-state index in [0.717, 1.165) is 11.8 Å². The van der Waals surface area contributed by atoms with Gasteiger partial charge in [-0.3, -0.25) is 19.4 Å². The van der Waals surface area contributed by atoms with Crippen LogP contribution in [0.1, 0.15) is 17.7 Å². The number of thioether (sulfide) groups is 1. The molecule has 2 aliphatic heterocycles. The molecule has 10 nitrogen and oxygen atoms in total. The van der Waals surface area contributed by atoms with Gasteiger partial charge in [0.2, 0.25) is 11.8 Å². The molecule has 3 heterocycles. The van der Waals surface area contributed by atoms with E-state index in [9.17, 15) is 14.4 Å². The summed E-state index contributed by atoms with van der Waals surface area (Å²) in [5.41, 5.74) is 1.93. The molecule has 2 aromatic carbocycles. The summed E-state index contributed by atoms with van der Waals surface area (Å²) in [4.78, 5) is 49.1. The number of hydrogen-bond acceptors (Lipinski definition) is 8. The molecule has 188 valence electrons. The van der Waals surface area contributed by atoms with Crippen LogP contribution in [0.3, 0.4) is 0 Å². The second kappa shape index (κ2) is 10.7. The average Bonchev–Trinajstić information content (AvgIpc) is 3.54. The van der Waals surface area contributed by atoms with Gasteiger partial charge in [0.1, 0.15) is 23.4 Å². The van der Waals surface area contributed by atoms with Crippen LogP contribution < -0.4 is 15.4 Å². The lowest BCUT2D eigenvalue weighted by atomic mass is 10.1. The van der Waals surface area contributed by atoms with Crippen LogP contribution >= 0.6 is 11.8 Å². The maximum atomic E-state index is 13.3. The third kappa shape index (κ3) is 5.41. The molecule has 2 N–H and O–H groups in total. The van der Waals surface area contributed by atoms with Crippen LogP contribution in [0.2, 0.25) is 0 Å². The minimum absolute atomic E-state index is 0.0174. The Morgan fingerprint density at radius 3 is 2.78 bits per heavy atom. The van der Waals surface area contributed by atoms with Gasteiger partial charge in [-0.15, -0.1) is 0 Å². The van der Waals surface area contributed by atoms with E-state index in [2.05, 4.69) is 20.6 Å². The maximum Gasteiger partial charge on any atom is 0.259 e. The number of amides is 3. The predicted molar refractivity (Wildman–Crippen MR) is 140 cm³/mol. The molecule has 1 unspecified atom stereocenters. The van der Waals surface area contributed by atoms with E-state index < -0.39 is 6.04 Å². The van der Waals surface area contributed by atoms with Crippen molar-refractivity contribution in [2.75, 3.05) is 18.2 Å². The Balaban J connectivity index is 1.28. The van der Waals surface area contributed by atoms with Crippen LogP contribution in [0.5, 0.6) is 5.75 Å². The Labute approximate surface area is 216 Å². The standard InChI is InChI=1S/C26H23N5O5S/c1-35-17-7-4-6-16(12-17)28-23(33)15-37-26-30-20-10-3-2-9-19(20)24-29-21(25(34)31(24)26)13-22(32)27-14-18-8-5-11-36-18/h2-12,21H,13-15H2,1H3,(H,27,32)(H,28,33). The summed E-state index contributed by atoms with van der Waals surface area (Å²) in [5.74, 6) is 0.731. The number of rotatable bonds is 8. The highest BCUT2D eigenvalue weighted by Gasteiger charge is 2.42. The second-order valence-electron chi connectivity index (χ2n) is 8.18. The SMILES string of the molecule is COc1cccc(NC(=O)CSC2=Nc3ccccc3C3=NC(CC(=O)NCc4ccco4)C(=O)N23)c1. The number of furan rings is 1. The van der Waals surface area contributed by atoms with Gasteiger partial charge in [-0.05, 0) is 36.4 Å². The summed E-state index contributed by atoms with van der Waals surface area (Å²) in [7, 11) is 1.55. The van der Waals surface area contributed by atoms with Crippen molar-refractivity contribution < 1.29 is 23.5 Å². The summed E-state index contributed by atoms with van der Waals surface area (Å²) >= 11 is 1.13. The summed E-state index contributed by atoms with van der Waals surface area (Å²) in [6.45, 7) is 0.223. The topological polar surface area (TPSA) is 126 Å². The number of nitrogens with one attached hydrogen (secondary N) is 2. The summed E-state index contributed by atoms with van der Waals surface area (Å²) in [6, 6.07) is 17.0. The first-order valence-electron chi connectivity index (χ1n) is 11.5. The van der Waals surface area contributed by atoms with E-state index in [1.165, 1.54) is 11.2 Å². The fourth-order valence-electron chi connectivity index (χ4n) is 3.91. The Hall–Kier alpha value is -4.38. The fourth-order valence-corrected chi connectivity index (χ4v) is 4.71. The van der Waals surface area contributed by atoms with E-state index in [4.69, 9.17) is 9.15 Å². The zero-order chi connectivity index (χ0) is 25.8. The molecular formula is C26H23N5O5S. The number of para-hydroxylation sites is 1. The molecular weight excluding hydrogens is 494 g/mol. The quantitative estimate of drug-likeness (QED) is 0.472. The highest BCUT2D eigenvalue weighted by molar-refractivity contribution is 8.14. The summed E-state index contributed by atoms with van der Waals surface area (Å²) in [5, 5.41) is 5.90. The number of nitrogens with zero attached hydrogens (tertiary/aromatic N) is 3. The number of carbonyl (C=O) groups is 3. The lowest BCUT2D eigenvalue weighted by molar-refractivity contribution is -0.128. The highest BCUT2D eigenvalue weighted by atomic mass is 32.2. The number of anilines is 1. The first-order chi connectivity index (χ1) is 18.0. The van der Waals surface area contributed by atoms with E-state index >= 15 is 0 Å². The molecule has 2 aliphatic rings. The third-order valence-electron chi connectivity index (χ3n) is 5.65. The predicted octanol–water partition coefficient (Wildman–Crippen LogP) is 3.33. The van der Waals surface area contributed by atoms with Crippen molar-refractivity contribution in [1.82, 2.24) is 10.2 Å². The maximum absolute atomic E-state index is 13.3. The van der Waals surface area contributed by atoms with Gasteiger partial charge in [0, 0.05) is 17.3 Å². The molecule has 5 rings (SSSR count). The van der Waals surface area contributed by atoms with Gasteiger partial charge < -0.3 is 19.8 Å². The molecule has 0 saturated heterocycles. The van der Waals surface area contributed by atoms with E-state index in [-0.39, 0.29) is 36.4 Å². The lowest BCUT2D eigenvalue weighted by Gasteiger charge is -2.25. The number of ether oxygens (including phenoxy) is 1. The zero-order valence-corrected chi connectivity index (χ0v) is 20.7. The smallest absolute Gasteiger partial charge is 0.259 e. The van der Waals surface area contributed by atoms with E-state index in [0.29, 0.717) is 39.5 Å². The van der Waals surface area contributed by atoms with E-state index in [1.54, 1.807) is 43.5 Å². The van der Waals surface area contributed by atoms with Crippen molar-refractivity contribution in [1.29, 1.82) is 0 Å². The van der Waals surface area contributed by atoms with Gasteiger partial charge in [-0.2, -0.15) is 0 Å². The number of aliphatic imine (C=N–C) groups is 2. The molecule has 0 saturated carbocycles. The summed E-state index contributed by atoms with van der Waals surface area (Å²) in [6.07, 6.45) is 1.41. The largest absolute Gasteiger partial charge is 0.497 e. The number of benzene rings is 2. The van der Waals surface area contributed by atoms with Gasteiger partial charge in [-0.1, -0.05) is 30.0 Å². The van der Waals surface area contributed by atoms with Crippen LogP contribution in [0, 0.1) is 0 Å². The van der Waals surface area contributed by atoms with Crippen LogP contribution in [-0.4, -0.2) is 52.5 Å². The molecule has 0 bridgehead atoms. The molecule has 11 heteroatoms. The average molecular weight is 518 g/mol. The number of fused-ring (bicyclic) bond motifs is 3. The van der Waals surface area contributed by atoms with E-state index in [1.807, 2.05) is 24.3 Å². The normalized spacial score (nSPS) is 15.9. The molecule has 3 amide bonds. The molecule has 3 aromatic rings. The van der Waals surface area contributed by atoms with Crippen molar-refractivity contribution in [3.05, 3.63) is 78.3 Å². The van der Waals surface area contributed by atoms with Crippen LogP contribution in [0.4, 0.5) is 11.4 Å². The number of amidine groups is 2. The zero-order valence-electron chi connectivity index (χ0n) is 19.8. The molecule has 1 atom stereocenters. The Kier molecular flexibility index (Phi) is 7.04. The number of methoxy groups -OCH3 is 1. The monoisotopic (exact) mass is 517 g/mol. The lowest BCUT2D eigenvalue weighted by Crippen LogP contribution is -2.42. The molecule has 37 heavy (non-hydrogen) atoms. The van der Waals surface area contributed by atoms with Gasteiger partial charge in [-0.25, -0.2) is 9.89 Å². The van der Waals surface area contributed by atoms with Crippen LogP contribution in [0.25, 0.3) is 0 Å². The summed E-state index contributed by atoms with van der Waals surface area (Å²) < 4.78 is 10.4. The van der Waals surface area contributed by atoms with Crippen molar-refractivity contribution in [2.24, 2.45) is 9.98 Å². The Morgan fingerprint density at radius 2 is 1.97 bits per heavy atom. The van der Waals surface area contributed by atoms with Gasteiger partial charge >= 0.3 is 0 Å². The Morgan fingerprint density at radius 1 is 1.11 bits per heavy atom. The first-order valence-corrected chi connectivity index (χ1v) is 12.5. The van der Waals surface area contributed by atoms with Crippen LogP contribution in [-0.2, 0) is 20.9 Å². The fraction of sp³-hybridized carbons (Fsp3) is 0.192. The molecule has 0 fully saturated rings. The minimum Gasteiger partial charge on any atom is -0.497 e. The third-order valence-corrected chi connectivity index (χ3v) is 6.59. The van der Waals surface area contributed by atoms with Gasteiger partial charge in [0.15, 0.2) is 5.17 Å². The van der Waals surface area contributed by atoms with Crippen molar-refractivity contribution >= 4 is 51.9 Å². The molecule has 0 spiro atoms.